The first kappa shape index (κ1) is 15.6. The van der Waals surface area contributed by atoms with Gasteiger partial charge in [0.1, 0.15) is 5.82 Å². The third-order valence-corrected chi connectivity index (χ3v) is 3.90. The topological polar surface area (TPSA) is 55.2 Å². The van der Waals surface area contributed by atoms with Crippen LogP contribution in [0.3, 0.4) is 0 Å². The van der Waals surface area contributed by atoms with Crippen LogP contribution in [0.4, 0.5) is 10.1 Å². The summed E-state index contributed by atoms with van der Waals surface area (Å²) < 4.78 is 14.0. The van der Waals surface area contributed by atoms with Gasteiger partial charge in [-0.25, -0.2) is 4.39 Å². The summed E-state index contributed by atoms with van der Waals surface area (Å²) in [4.78, 5) is 10.5. The van der Waals surface area contributed by atoms with E-state index in [-0.39, 0.29) is 16.4 Å². The van der Waals surface area contributed by atoms with Gasteiger partial charge in [0.05, 0.1) is 4.92 Å². The molecular weight excluding hydrogens is 339 g/mol. The Morgan fingerprint density at radius 1 is 1.24 bits per heavy atom. The van der Waals surface area contributed by atoms with E-state index in [0.717, 1.165) is 15.6 Å². The normalized spacial score (nSPS) is 10.6. The lowest BCUT2D eigenvalue weighted by atomic mass is 10.1. The van der Waals surface area contributed by atoms with Gasteiger partial charge in [0.2, 0.25) is 0 Å². The van der Waals surface area contributed by atoms with Gasteiger partial charge in [0.15, 0.2) is 0 Å². The number of nitro groups is 1. The third kappa shape index (κ3) is 4.09. The van der Waals surface area contributed by atoms with E-state index in [4.69, 9.17) is 0 Å². The SMILES string of the molecule is Cc1ccc(CNCc2cc(F)ccc2Br)cc1[N+](=O)[O-]. The number of rotatable bonds is 5. The van der Waals surface area contributed by atoms with E-state index in [0.29, 0.717) is 18.7 Å². The maximum atomic E-state index is 13.2. The van der Waals surface area contributed by atoms with Crippen LogP contribution < -0.4 is 5.32 Å². The van der Waals surface area contributed by atoms with Crippen LogP contribution in [0.1, 0.15) is 16.7 Å². The molecule has 0 heterocycles. The van der Waals surface area contributed by atoms with Crippen LogP contribution in [0.2, 0.25) is 0 Å². The number of aryl methyl sites for hydroxylation is 1. The number of hydrogen-bond donors (Lipinski definition) is 1. The summed E-state index contributed by atoms with van der Waals surface area (Å²) in [5.74, 6) is -0.291. The van der Waals surface area contributed by atoms with Crippen LogP contribution >= 0.6 is 15.9 Å². The van der Waals surface area contributed by atoms with E-state index in [2.05, 4.69) is 21.2 Å². The molecule has 2 aromatic carbocycles. The fraction of sp³-hybridized carbons (Fsp3) is 0.200. The van der Waals surface area contributed by atoms with Gasteiger partial charge in [-0.05, 0) is 36.2 Å². The molecule has 6 heteroatoms. The largest absolute Gasteiger partial charge is 0.309 e. The number of nitrogens with one attached hydrogen (secondary N) is 1. The minimum atomic E-state index is -0.387. The Bertz CT molecular complexity index is 677. The number of hydrogen-bond acceptors (Lipinski definition) is 3. The standard InChI is InChI=1S/C15H14BrFN2O2/c1-10-2-3-11(6-15(10)19(20)21)8-18-9-12-7-13(17)4-5-14(12)16/h2-7,18H,8-9H2,1H3. The summed E-state index contributed by atoms with van der Waals surface area (Å²) in [5, 5.41) is 14.0. The maximum absolute atomic E-state index is 13.2. The van der Waals surface area contributed by atoms with Crippen molar-refractivity contribution in [3.63, 3.8) is 0 Å². The predicted octanol–water partition coefficient (Wildman–Crippen LogP) is 4.09. The highest BCUT2D eigenvalue weighted by atomic mass is 79.9. The molecule has 0 saturated carbocycles. The molecule has 0 atom stereocenters. The van der Waals surface area contributed by atoms with E-state index in [9.17, 15) is 14.5 Å². The molecular formula is C15H14BrFN2O2. The van der Waals surface area contributed by atoms with Gasteiger partial charge in [-0.15, -0.1) is 0 Å². The first-order chi connectivity index (χ1) is 9.97. The fourth-order valence-corrected chi connectivity index (χ4v) is 2.37. The lowest BCUT2D eigenvalue weighted by molar-refractivity contribution is -0.385. The summed E-state index contributed by atoms with van der Waals surface area (Å²) in [5.41, 5.74) is 2.37. The molecule has 0 radical (unpaired) electrons. The van der Waals surface area contributed by atoms with Crippen molar-refractivity contribution in [1.29, 1.82) is 0 Å². The molecule has 0 bridgehead atoms. The van der Waals surface area contributed by atoms with Crippen LogP contribution in [0, 0.1) is 22.9 Å². The van der Waals surface area contributed by atoms with E-state index in [1.54, 1.807) is 25.1 Å². The smallest absolute Gasteiger partial charge is 0.272 e. The van der Waals surface area contributed by atoms with Crippen molar-refractivity contribution in [2.45, 2.75) is 20.0 Å². The number of nitrogens with zero attached hydrogens (tertiary/aromatic N) is 1. The molecule has 21 heavy (non-hydrogen) atoms. The summed E-state index contributed by atoms with van der Waals surface area (Å²) in [6.07, 6.45) is 0. The minimum Gasteiger partial charge on any atom is -0.309 e. The zero-order valence-corrected chi connectivity index (χ0v) is 13.0. The molecule has 0 spiro atoms. The van der Waals surface area contributed by atoms with Crippen molar-refractivity contribution in [1.82, 2.24) is 5.32 Å². The number of nitro benzene ring substituents is 1. The Labute approximate surface area is 130 Å². The average molecular weight is 353 g/mol. The second-order valence-electron chi connectivity index (χ2n) is 4.72. The number of benzene rings is 2. The number of halogens is 2. The molecule has 0 unspecified atom stereocenters. The molecule has 0 aliphatic heterocycles. The lowest BCUT2D eigenvalue weighted by Gasteiger charge is -2.08. The Kier molecular flexibility index (Phi) is 5.03. The zero-order valence-electron chi connectivity index (χ0n) is 11.4. The first-order valence-electron chi connectivity index (χ1n) is 6.36. The van der Waals surface area contributed by atoms with E-state index >= 15 is 0 Å². The van der Waals surface area contributed by atoms with Crippen LogP contribution in [-0.4, -0.2) is 4.92 Å². The Morgan fingerprint density at radius 2 is 2.00 bits per heavy atom. The van der Waals surface area contributed by atoms with Crippen LogP contribution in [0.15, 0.2) is 40.9 Å². The van der Waals surface area contributed by atoms with E-state index in [1.807, 2.05) is 6.07 Å². The van der Waals surface area contributed by atoms with Crippen LogP contribution in [0.25, 0.3) is 0 Å². The summed E-state index contributed by atoms with van der Waals surface area (Å²) in [6.45, 7) is 2.66. The first-order valence-corrected chi connectivity index (χ1v) is 7.15. The molecule has 0 aromatic heterocycles. The molecule has 0 aliphatic carbocycles. The Morgan fingerprint density at radius 3 is 2.71 bits per heavy atom. The van der Waals surface area contributed by atoms with Crippen molar-refractivity contribution in [2.75, 3.05) is 0 Å². The molecule has 2 rings (SSSR count). The van der Waals surface area contributed by atoms with E-state index < -0.39 is 0 Å². The second kappa shape index (κ2) is 6.78. The van der Waals surface area contributed by atoms with Crippen molar-refractivity contribution in [3.8, 4) is 0 Å². The molecule has 2 aromatic rings. The molecule has 0 aliphatic rings. The van der Waals surface area contributed by atoms with Crippen LogP contribution in [-0.2, 0) is 13.1 Å². The monoisotopic (exact) mass is 352 g/mol. The maximum Gasteiger partial charge on any atom is 0.272 e. The van der Waals surface area contributed by atoms with Gasteiger partial charge in [-0.1, -0.05) is 28.1 Å². The van der Waals surface area contributed by atoms with Crippen molar-refractivity contribution >= 4 is 21.6 Å². The summed E-state index contributed by atoms with van der Waals surface area (Å²) >= 11 is 3.36. The molecule has 4 nitrogen and oxygen atoms in total. The van der Waals surface area contributed by atoms with E-state index in [1.165, 1.54) is 12.1 Å². The molecule has 0 saturated heterocycles. The highest BCUT2D eigenvalue weighted by Crippen LogP contribution is 2.20. The zero-order chi connectivity index (χ0) is 15.4. The quantitative estimate of drug-likeness (QED) is 0.651. The van der Waals surface area contributed by atoms with Crippen molar-refractivity contribution < 1.29 is 9.31 Å². The third-order valence-electron chi connectivity index (χ3n) is 3.12. The van der Waals surface area contributed by atoms with Crippen molar-refractivity contribution in [3.05, 3.63) is 73.5 Å². The van der Waals surface area contributed by atoms with Crippen molar-refractivity contribution in [2.24, 2.45) is 0 Å². The Balaban J connectivity index is 2.02. The van der Waals surface area contributed by atoms with Gasteiger partial charge in [-0.3, -0.25) is 10.1 Å². The predicted molar refractivity (Wildman–Crippen MR) is 82.5 cm³/mol. The molecule has 110 valence electrons. The highest BCUT2D eigenvalue weighted by molar-refractivity contribution is 9.10. The second-order valence-corrected chi connectivity index (χ2v) is 5.57. The average Bonchev–Trinajstić information content (AvgIpc) is 2.44. The molecule has 0 fully saturated rings. The van der Waals surface area contributed by atoms with Crippen LogP contribution in [0.5, 0.6) is 0 Å². The van der Waals surface area contributed by atoms with Gasteiger partial charge >= 0.3 is 0 Å². The van der Waals surface area contributed by atoms with Gasteiger partial charge in [0.25, 0.3) is 5.69 Å². The Hall–Kier alpha value is -1.79. The lowest BCUT2D eigenvalue weighted by Crippen LogP contribution is -2.13. The summed E-state index contributed by atoms with van der Waals surface area (Å²) in [6, 6.07) is 9.63. The molecule has 1 N–H and O–H groups in total. The summed E-state index contributed by atoms with van der Waals surface area (Å²) in [7, 11) is 0. The van der Waals surface area contributed by atoms with Gasteiger partial charge in [0, 0.05) is 29.2 Å². The van der Waals surface area contributed by atoms with Gasteiger partial charge in [-0.2, -0.15) is 0 Å². The highest BCUT2D eigenvalue weighted by Gasteiger charge is 2.10. The fourth-order valence-electron chi connectivity index (χ4n) is 1.98. The van der Waals surface area contributed by atoms with Gasteiger partial charge < -0.3 is 5.32 Å². The minimum absolute atomic E-state index is 0.112. The molecule has 0 amide bonds.